The van der Waals surface area contributed by atoms with E-state index in [1.807, 2.05) is 30.0 Å². The van der Waals surface area contributed by atoms with Gasteiger partial charge in [-0.05, 0) is 51.2 Å². The van der Waals surface area contributed by atoms with Crippen LogP contribution in [0.2, 0.25) is 0 Å². The van der Waals surface area contributed by atoms with Gasteiger partial charge in [0.05, 0.1) is 0 Å². The summed E-state index contributed by atoms with van der Waals surface area (Å²) in [4.78, 5) is 16.6. The van der Waals surface area contributed by atoms with Crippen LogP contribution in [0.25, 0.3) is 0 Å². The van der Waals surface area contributed by atoms with E-state index in [1.165, 1.54) is 0 Å². The van der Waals surface area contributed by atoms with Crippen LogP contribution < -0.4 is 0 Å². The van der Waals surface area contributed by atoms with Crippen LogP contribution >= 0.6 is 15.9 Å². The van der Waals surface area contributed by atoms with Crippen molar-refractivity contribution in [3.8, 4) is 0 Å². The standard InChI is InChI=1S/C14H19BrN2O/c1-10-8-11(15)4-5-13(10)14(18)17-7-6-12(9-17)16(2)3/h4-5,8,12H,6-7,9H2,1-3H3/t12-/m0/s1. The summed E-state index contributed by atoms with van der Waals surface area (Å²) in [5.41, 5.74) is 1.85. The molecule has 0 saturated carbocycles. The number of rotatable bonds is 2. The second-order valence-electron chi connectivity index (χ2n) is 5.12. The van der Waals surface area contributed by atoms with Crippen molar-refractivity contribution in [1.29, 1.82) is 0 Å². The lowest BCUT2D eigenvalue weighted by Gasteiger charge is -2.21. The minimum absolute atomic E-state index is 0.157. The summed E-state index contributed by atoms with van der Waals surface area (Å²) < 4.78 is 1.02. The molecular weight excluding hydrogens is 292 g/mol. The van der Waals surface area contributed by atoms with Gasteiger partial charge in [-0.1, -0.05) is 15.9 Å². The average molecular weight is 311 g/mol. The number of carbonyl (C=O) groups is 1. The Morgan fingerprint density at radius 2 is 2.17 bits per heavy atom. The molecule has 0 bridgehead atoms. The summed E-state index contributed by atoms with van der Waals surface area (Å²) in [6, 6.07) is 6.32. The molecule has 1 aliphatic heterocycles. The van der Waals surface area contributed by atoms with Crippen LogP contribution in [0.15, 0.2) is 22.7 Å². The van der Waals surface area contributed by atoms with E-state index in [2.05, 4.69) is 34.9 Å². The van der Waals surface area contributed by atoms with Crippen LogP contribution in [0.1, 0.15) is 22.3 Å². The molecule has 0 unspecified atom stereocenters. The van der Waals surface area contributed by atoms with Crippen molar-refractivity contribution >= 4 is 21.8 Å². The highest BCUT2D eigenvalue weighted by molar-refractivity contribution is 9.10. The Hall–Kier alpha value is -0.870. The number of halogens is 1. The number of hydrogen-bond acceptors (Lipinski definition) is 2. The second-order valence-corrected chi connectivity index (χ2v) is 6.03. The monoisotopic (exact) mass is 310 g/mol. The normalized spacial score (nSPS) is 19.6. The third kappa shape index (κ3) is 2.75. The summed E-state index contributed by atoms with van der Waals surface area (Å²) in [5.74, 6) is 0.157. The first kappa shape index (κ1) is 13.6. The molecule has 98 valence electrons. The van der Waals surface area contributed by atoms with E-state index >= 15 is 0 Å². The Labute approximate surface area is 117 Å². The molecule has 4 heteroatoms. The van der Waals surface area contributed by atoms with Crippen molar-refractivity contribution in [3.63, 3.8) is 0 Å². The fourth-order valence-corrected chi connectivity index (χ4v) is 2.86. The van der Waals surface area contributed by atoms with Crippen LogP contribution in [-0.2, 0) is 0 Å². The molecule has 0 spiro atoms. The smallest absolute Gasteiger partial charge is 0.254 e. The molecular formula is C14H19BrN2O. The van der Waals surface area contributed by atoms with Gasteiger partial charge in [0.15, 0.2) is 0 Å². The number of amides is 1. The maximum Gasteiger partial charge on any atom is 0.254 e. The fourth-order valence-electron chi connectivity index (χ4n) is 2.39. The predicted molar refractivity (Wildman–Crippen MR) is 76.9 cm³/mol. The van der Waals surface area contributed by atoms with E-state index in [0.29, 0.717) is 6.04 Å². The molecule has 0 aromatic heterocycles. The molecule has 0 N–H and O–H groups in total. The summed E-state index contributed by atoms with van der Waals surface area (Å²) >= 11 is 3.43. The highest BCUT2D eigenvalue weighted by Gasteiger charge is 2.28. The highest BCUT2D eigenvalue weighted by atomic mass is 79.9. The molecule has 0 aliphatic carbocycles. The molecule has 1 saturated heterocycles. The zero-order chi connectivity index (χ0) is 13.3. The topological polar surface area (TPSA) is 23.6 Å². The third-order valence-electron chi connectivity index (χ3n) is 3.60. The van der Waals surface area contributed by atoms with Crippen molar-refractivity contribution < 1.29 is 4.79 Å². The minimum Gasteiger partial charge on any atom is -0.337 e. The van der Waals surface area contributed by atoms with Crippen molar-refractivity contribution in [1.82, 2.24) is 9.80 Å². The van der Waals surface area contributed by atoms with Gasteiger partial charge in [-0.15, -0.1) is 0 Å². The van der Waals surface area contributed by atoms with Crippen molar-refractivity contribution in [2.45, 2.75) is 19.4 Å². The van der Waals surface area contributed by atoms with E-state index in [1.54, 1.807) is 0 Å². The summed E-state index contributed by atoms with van der Waals surface area (Å²) in [6.45, 7) is 3.68. The van der Waals surface area contributed by atoms with Gasteiger partial charge in [-0.2, -0.15) is 0 Å². The first-order valence-corrected chi connectivity index (χ1v) is 7.00. The molecule has 18 heavy (non-hydrogen) atoms. The van der Waals surface area contributed by atoms with Crippen LogP contribution in [0.3, 0.4) is 0 Å². The summed E-state index contributed by atoms with van der Waals surface area (Å²) in [6.07, 6.45) is 1.06. The summed E-state index contributed by atoms with van der Waals surface area (Å²) in [7, 11) is 4.15. The largest absolute Gasteiger partial charge is 0.337 e. The molecule has 1 heterocycles. The van der Waals surface area contributed by atoms with Gasteiger partial charge in [0.25, 0.3) is 5.91 Å². The van der Waals surface area contributed by atoms with Crippen molar-refractivity contribution in [2.75, 3.05) is 27.2 Å². The van der Waals surface area contributed by atoms with E-state index in [0.717, 1.165) is 35.1 Å². The minimum atomic E-state index is 0.157. The molecule has 1 aromatic carbocycles. The van der Waals surface area contributed by atoms with Gasteiger partial charge in [0, 0.05) is 29.2 Å². The Morgan fingerprint density at radius 1 is 1.44 bits per heavy atom. The van der Waals surface area contributed by atoms with E-state index in [4.69, 9.17) is 0 Å². The van der Waals surface area contributed by atoms with Crippen LogP contribution in [0.5, 0.6) is 0 Å². The Bertz CT molecular complexity index is 459. The fraction of sp³-hybridized carbons (Fsp3) is 0.500. The molecule has 2 rings (SSSR count). The summed E-state index contributed by atoms with van der Waals surface area (Å²) in [5, 5.41) is 0. The zero-order valence-corrected chi connectivity index (χ0v) is 12.7. The number of nitrogens with zero attached hydrogens (tertiary/aromatic N) is 2. The van der Waals surface area contributed by atoms with E-state index in [9.17, 15) is 4.79 Å². The van der Waals surface area contributed by atoms with Crippen LogP contribution in [-0.4, -0.2) is 48.9 Å². The molecule has 1 aliphatic rings. The molecule has 1 amide bonds. The van der Waals surface area contributed by atoms with E-state index in [-0.39, 0.29) is 5.91 Å². The van der Waals surface area contributed by atoms with Crippen LogP contribution in [0.4, 0.5) is 0 Å². The quantitative estimate of drug-likeness (QED) is 0.838. The Balaban J connectivity index is 2.13. The lowest BCUT2D eigenvalue weighted by atomic mass is 10.1. The van der Waals surface area contributed by atoms with Crippen LogP contribution in [0, 0.1) is 6.92 Å². The molecule has 1 atom stereocenters. The highest BCUT2D eigenvalue weighted by Crippen LogP contribution is 2.20. The van der Waals surface area contributed by atoms with Gasteiger partial charge in [0.2, 0.25) is 0 Å². The number of likely N-dealkylation sites (tertiary alicyclic amines) is 1. The van der Waals surface area contributed by atoms with Gasteiger partial charge in [0.1, 0.15) is 0 Å². The molecule has 1 aromatic rings. The number of aryl methyl sites for hydroxylation is 1. The zero-order valence-electron chi connectivity index (χ0n) is 11.1. The first-order chi connectivity index (χ1) is 8.49. The predicted octanol–water partition coefficient (Wildman–Crippen LogP) is 2.53. The molecule has 0 radical (unpaired) electrons. The van der Waals surface area contributed by atoms with Gasteiger partial charge < -0.3 is 9.80 Å². The maximum absolute atomic E-state index is 12.4. The van der Waals surface area contributed by atoms with Gasteiger partial charge in [-0.25, -0.2) is 0 Å². The van der Waals surface area contributed by atoms with E-state index < -0.39 is 0 Å². The maximum atomic E-state index is 12.4. The van der Waals surface area contributed by atoms with Gasteiger partial charge in [-0.3, -0.25) is 4.79 Å². The second kappa shape index (κ2) is 5.41. The number of likely N-dealkylation sites (N-methyl/N-ethyl adjacent to an activating group) is 1. The third-order valence-corrected chi connectivity index (χ3v) is 4.09. The first-order valence-electron chi connectivity index (χ1n) is 6.21. The average Bonchev–Trinajstić information content (AvgIpc) is 2.77. The molecule has 1 fully saturated rings. The lowest BCUT2D eigenvalue weighted by Crippen LogP contribution is -2.34. The Morgan fingerprint density at radius 3 is 2.72 bits per heavy atom. The lowest BCUT2D eigenvalue weighted by molar-refractivity contribution is 0.0782. The number of hydrogen-bond donors (Lipinski definition) is 0. The number of benzene rings is 1. The molecule has 3 nitrogen and oxygen atoms in total. The SMILES string of the molecule is Cc1cc(Br)ccc1C(=O)N1CC[C@H](N(C)C)C1. The van der Waals surface area contributed by atoms with Gasteiger partial charge >= 0.3 is 0 Å². The van der Waals surface area contributed by atoms with Crippen molar-refractivity contribution in [2.24, 2.45) is 0 Å². The van der Waals surface area contributed by atoms with Crippen molar-refractivity contribution in [3.05, 3.63) is 33.8 Å². The Kier molecular flexibility index (Phi) is 4.07. The number of carbonyl (C=O) groups excluding carboxylic acids is 1.